The second kappa shape index (κ2) is 6.40. The summed E-state index contributed by atoms with van der Waals surface area (Å²) >= 11 is 0. The van der Waals surface area contributed by atoms with Crippen LogP contribution in [0.25, 0.3) is 0 Å². The normalized spacial score (nSPS) is 20.8. The van der Waals surface area contributed by atoms with Gasteiger partial charge in [-0.05, 0) is 31.4 Å². The molecule has 0 aromatic heterocycles. The Balaban J connectivity index is 2.09. The highest BCUT2D eigenvalue weighted by Gasteiger charge is 2.48. The molecule has 2 rings (SSSR count). The average Bonchev–Trinajstić information content (AvgIpc) is 2.69. The van der Waals surface area contributed by atoms with Crippen molar-refractivity contribution in [2.24, 2.45) is 5.92 Å². The first-order valence-corrected chi connectivity index (χ1v) is 7.70. The third-order valence-electron chi connectivity index (χ3n) is 3.97. The Hall–Kier alpha value is -2.37. The van der Waals surface area contributed by atoms with Gasteiger partial charge in [0.1, 0.15) is 12.1 Å². The van der Waals surface area contributed by atoms with E-state index in [1.807, 2.05) is 32.0 Å². The summed E-state index contributed by atoms with van der Waals surface area (Å²) in [7, 11) is 1.63. The van der Waals surface area contributed by atoms with Crippen LogP contribution in [0.4, 0.5) is 10.5 Å². The molecule has 1 N–H and O–H groups in total. The predicted octanol–water partition coefficient (Wildman–Crippen LogP) is 2.01. The summed E-state index contributed by atoms with van der Waals surface area (Å²) in [5.41, 5.74) is -0.217. The molecule has 0 bridgehead atoms. The second-order valence-corrected chi connectivity index (χ2v) is 6.54. The number of para-hydroxylation sites is 1. The Labute approximate surface area is 136 Å². The lowest BCUT2D eigenvalue weighted by Gasteiger charge is -2.24. The van der Waals surface area contributed by atoms with Crippen molar-refractivity contribution in [3.8, 4) is 0 Å². The van der Waals surface area contributed by atoms with Crippen LogP contribution in [0.2, 0.25) is 0 Å². The van der Waals surface area contributed by atoms with Crippen LogP contribution in [0, 0.1) is 5.92 Å². The summed E-state index contributed by atoms with van der Waals surface area (Å²) in [5, 5.41) is 2.71. The van der Waals surface area contributed by atoms with Crippen LogP contribution in [0.3, 0.4) is 0 Å². The van der Waals surface area contributed by atoms with E-state index in [1.165, 1.54) is 4.90 Å². The van der Waals surface area contributed by atoms with Gasteiger partial charge in [-0.25, -0.2) is 4.79 Å². The summed E-state index contributed by atoms with van der Waals surface area (Å²) < 4.78 is 0. The molecule has 4 amide bonds. The van der Waals surface area contributed by atoms with Crippen molar-refractivity contribution in [2.75, 3.05) is 18.5 Å². The van der Waals surface area contributed by atoms with E-state index in [1.54, 1.807) is 26.1 Å². The first-order valence-electron chi connectivity index (χ1n) is 7.70. The molecule has 0 radical (unpaired) electrons. The first kappa shape index (κ1) is 17.0. The summed E-state index contributed by atoms with van der Waals surface area (Å²) in [6.45, 7) is 5.42. The molecule has 1 aliphatic heterocycles. The summed E-state index contributed by atoms with van der Waals surface area (Å²) in [4.78, 5) is 39.5. The monoisotopic (exact) mass is 317 g/mol. The molecule has 0 spiro atoms. The third kappa shape index (κ3) is 3.52. The van der Waals surface area contributed by atoms with Crippen molar-refractivity contribution in [1.29, 1.82) is 0 Å². The van der Waals surface area contributed by atoms with Crippen LogP contribution in [0.5, 0.6) is 0 Å². The van der Waals surface area contributed by atoms with Crippen LogP contribution in [-0.2, 0) is 9.59 Å². The highest BCUT2D eigenvalue weighted by atomic mass is 16.2. The molecule has 1 aliphatic rings. The van der Waals surface area contributed by atoms with Crippen LogP contribution in [-0.4, -0.2) is 41.9 Å². The van der Waals surface area contributed by atoms with Crippen LogP contribution in [0.15, 0.2) is 30.3 Å². The van der Waals surface area contributed by atoms with Gasteiger partial charge in [-0.3, -0.25) is 14.5 Å². The molecule has 1 aromatic rings. The van der Waals surface area contributed by atoms with Gasteiger partial charge in [-0.1, -0.05) is 32.0 Å². The van der Waals surface area contributed by atoms with Crippen molar-refractivity contribution in [1.82, 2.24) is 10.2 Å². The van der Waals surface area contributed by atoms with Gasteiger partial charge in [0.25, 0.3) is 5.91 Å². The summed E-state index contributed by atoms with van der Waals surface area (Å²) in [6.07, 6.45) is 0.538. The number of likely N-dealkylation sites (N-methyl/N-ethyl adjacent to an activating group) is 1. The number of hydrogen-bond acceptors (Lipinski definition) is 3. The molecule has 6 nitrogen and oxygen atoms in total. The predicted molar refractivity (Wildman–Crippen MR) is 88.0 cm³/mol. The zero-order valence-corrected chi connectivity index (χ0v) is 14.0. The van der Waals surface area contributed by atoms with E-state index in [4.69, 9.17) is 0 Å². The number of nitrogens with zero attached hydrogens (tertiary/aromatic N) is 2. The highest BCUT2D eigenvalue weighted by Crippen LogP contribution is 2.25. The van der Waals surface area contributed by atoms with Crippen molar-refractivity contribution >= 4 is 23.5 Å². The molecule has 6 heteroatoms. The van der Waals surface area contributed by atoms with Crippen molar-refractivity contribution in [2.45, 2.75) is 32.7 Å². The first-order chi connectivity index (χ1) is 10.7. The van der Waals surface area contributed by atoms with Crippen LogP contribution >= 0.6 is 0 Å². The Kier molecular flexibility index (Phi) is 4.73. The van der Waals surface area contributed by atoms with Gasteiger partial charge in [0.05, 0.1) is 0 Å². The molecule has 1 atom stereocenters. The molecule has 1 aromatic carbocycles. The number of carbonyl (C=O) groups excluding carboxylic acids is 3. The Bertz CT molecular complexity index is 615. The Morgan fingerprint density at radius 1 is 1.26 bits per heavy atom. The maximum Gasteiger partial charge on any atom is 0.325 e. The standard InChI is InChI=1S/C17H23N3O3/c1-12(2)10-17(3)15(22)20(16(23)18-17)11-14(21)19(4)13-8-6-5-7-9-13/h5-9,12H,10-11H2,1-4H3,(H,18,23). The number of imide groups is 1. The number of amides is 4. The number of hydrogen-bond donors (Lipinski definition) is 1. The lowest BCUT2D eigenvalue weighted by molar-refractivity contribution is -0.134. The van der Waals surface area contributed by atoms with E-state index in [0.29, 0.717) is 6.42 Å². The quantitative estimate of drug-likeness (QED) is 0.845. The van der Waals surface area contributed by atoms with Gasteiger partial charge in [0.15, 0.2) is 0 Å². The average molecular weight is 317 g/mol. The minimum Gasteiger partial charge on any atom is -0.323 e. The molecular weight excluding hydrogens is 294 g/mol. The molecule has 124 valence electrons. The van der Waals surface area contributed by atoms with Gasteiger partial charge in [0, 0.05) is 12.7 Å². The minimum atomic E-state index is -0.934. The number of urea groups is 1. The van der Waals surface area contributed by atoms with E-state index in [9.17, 15) is 14.4 Å². The minimum absolute atomic E-state index is 0.256. The van der Waals surface area contributed by atoms with E-state index < -0.39 is 11.6 Å². The maximum absolute atomic E-state index is 12.5. The topological polar surface area (TPSA) is 69.7 Å². The van der Waals surface area contributed by atoms with Crippen LogP contribution < -0.4 is 10.2 Å². The van der Waals surface area contributed by atoms with Gasteiger partial charge in [-0.15, -0.1) is 0 Å². The summed E-state index contributed by atoms with van der Waals surface area (Å²) in [5.74, 6) is -0.397. The van der Waals surface area contributed by atoms with E-state index >= 15 is 0 Å². The molecule has 1 fully saturated rings. The number of carbonyl (C=O) groups is 3. The fourth-order valence-electron chi connectivity index (χ4n) is 2.88. The smallest absolute Gasteiger partial charge is 0.323 e. The number of rotatable bonds is 5. The third-order valence-corrected chi connectivity index (χ3v) is 3.97. The molecule has 1 unspecified atom stereocenters. The number of nitrogens with one attached hydrogen (secondary N) is 1. The van der Waals surface area contributed by atoms with Crippen molar-refractivity contribution in [3.63, 3.8) is 0 Å². The van der Waals surface area contributed by atoms with Crippen molar-refractivity contribution in [3.05, 3.63) is 30.3 Å². The highest BCUT2D eigenvalue weighted by molar-refractivity contribution is 6.10. The Morgan fingerprint density at radius 3 is 2.43 bits per heavy atom. The molecule has 1 heterocycles. The molecule has 23 heavy (non-hydrogen) atoms. The lowest BCUT2D eigenvalue weighted by atomic mass is 9.91. The SMILES string of the molecule is CC(C)CC1(C)NC(=O)N(CC(=O)N(C)c2ccccc2)C1=O. The maximum atomic E-state index is 12.5. The fraction of sp³-hybridized carbons (Fsp3) is 0.471. The molecule has 0 aliphatic carbocycles. The molecular formula is C17H23N3O3. The van der Waals surface area contributed by atoms with Gasteiger partial charge in [-0.2, -0.15) is 0 Å². The van der Waals surface area contributed by atoms with Gasteiger partial charge < -0.3 is 10.2 Å². The van der Waals surface area contributed by atoms with E-state index in [2.05, 4.69) is 5.32 Å². The second-order valence-electron chi connectivity index (χ2n) is 6.54. The largest absolute Gasteiger partial charge is 0.325 e. The molecule has 0 saturated carbocycles. The van der Waals surface area contributed by atoms with Gasteiger partial charge in [0.2, 0.25) is 5.91 Å². The van der Waals surface area contributed by atoms with E-state index in [-0.39, 0.29) is 24.3 Å². The van der Waals surface area contributed by atoms with Crippen LogP contribution in [0.1, 0.15) is 27.2 Å². The Morgan fingerprint density at radius 2 is 1.87 bits per heavy atom. The zero-order chi connectivity index (χ0) is 17.2. The number of benzene rings is 1. The summed E-state index contributed by atoms with van der Waals surface area (Å²) in [6, 6.07) is 8.60. The fourth-order valence-corrected chi connectivity index (χ4v) is 2.88. The zero-order valence-electron chi connectivity index (χ0n) is 14.0. The lowest BCUT2D eigenvalue weighted by Crippen LogP contribution is -2.46. The number of anilines is 1. The van der Waals surface area contributed by atoms with Gasteiger partial charge >= 0.3 is 6.03 Å². The van der Waals surface area contributed by atoms with Crippen molar-refractivity contribution < 1.29 is 14.4 Å². The molecule has 1 saturated heterocycles. The van der Waals surface area contributed by atoms with E-state index in [0.717, 1.165) is 10.6 Å².